The zero-order valence-corrected chi connectivity index (χ0v) is 4.11. The fraction of sp³-hybridized carbons (Fsp3) is 0. The molecule has 46 valence electrons. The minimum atomic E-state index is -1.00. The molecule has 1 rings (SSSR count). The first-order valence-corrected chi connectivity index (χ1v) is 1.96. The van der Waals surface area contributed by atoms with Crippen LogP contribution < -0.4 is 5.43 Å². The molecule has 1 aliphatic heterocycles. The van der Waals surface area contributed by atoms with Crippen molar-refractivity contribution in [2.24, 2.45) is 5.22 Å². The summed E-state index contributed by atoms with van der Waals surface area (Å²) < 4.78 is 0. The van der Waals surface area contributed by atoms with E-state index < -0.39 is 11.7 Å². The van der Waals surface area contributed by atoms with Crippen molar-refractivity contribution in [3.8, 4) is 0 Å². The Kier molecular flexibility index (Phi) is 0.982. The fourth-order valence-electron chi connectivity index (χ4n) is 0.342. The van der Waals surface area contributed by atoms with Crippen molar-refractivity contribution in [1.29, 1.82) is 0 Å². The van der Waals surface area contributed by atoms with E-state index in [0.29, 0.717) is 0 Å². The first-order chi connectivity index (χ1) is 4.25. The maximum absolute atomic E-state index is 10.3. The van der Waals surface area contributed by atoms with Crippen LogP contribution in [0.1, 0.15) is 0 Å². The van der Waals surface area contributed by atoms with Crippen LogP contribution in [0, 0.1) is 5.21 Å². The molecule has 0 aromatic rings. The maximum Gasteiger partial charge on any atom is 0.474 e. The lowest BCUT2D eigenvalue weighted by atomic mass is 10.6. The number of amidine groups is 1. The molecule has 7 nitrogen and oxygen atoms in total. The first kappa shape index (κ1) is 5.39. The van der Waals surface area contributed by atoms with Gasteiger partial charge in [-0.2, -0.15) is 0 Å². The maximum atomic E-state index is 10.3. The van der Waals surface area contributed by atoms with Crippen LogP contribution in [0.4, 0.5) is 0 Å². The first-order valence-electron chi connectivity index (χ1n) is 1.96. The highest BCUT2D eigenvalue weighted by molar-refractivity contribution is 6.32. The van der Waals surface area contributed by atoms with Gasteiger partial charge in [0.1, 0.15) is 5.22 Å². The van der Waals surface area contributed by atoms with Gasteiger partial charge in [-0.3, -0.25) is 0 Å². The van der Waals surface area contributed by atoms with Crippen LogP contribution in [-0.4, -0.2) is 21.4 Å². The second-order valence-electron chi connectivity index (χ2n) is 1.24. The number of amides is 1. The van der Waals surface area contributed by atoms with Crippen molar-refractivity contribution in [3.05, 3.63) is 10.7 Å². The van der Waals surface area contributed by atoms with Crippen molar-refractivity contribution in [3.63, 3.8) is 0 Å². The van der Waals surface area contributed by atoms with Crippen LogP contribution in [0.25, 0.3) is 5.53 Å². The lowest BCUT2D eigenvalue weighted by Gasteiger charge is -1.86. The van der Waals surface area contributed by atoms with Gasteiger partial charge in [-0.05, 0) is 0 Å². The highest BCUT2D eigenvalue weighted by atomic mass is 16.5. The molecule has 0 saturated carbocycles. The number of nitrogens with zero attached hydrogens (tertiary/aromatic N) is 4. The molecule has 1 N–H and O–H groups in total. The summed E-state index contributed by atoms with van der Waals surface area (Å²) in [5, 5.41) is 12.9. The van der Waals surface area contributed by atoms with E-state index in [0.717, 1.165) is 0 Å². The normalized spacial score (nSPS) is 16.7. The Morgan fingerprint density at radius 1 is 1.89 bits per heavy atom. The van der Waals surface area contributed by atoms with Gasteiger partial charge in [0, 0.05) is 0 Å². The Balaban J connectivity index is 2.99. The molecule has 0 atom stereocenters. The molecule has 9 heavy (non-hydrogen) atoms. The molecule has 1 amide bonds. The summed E-state index contributed by atoms with van der Waals surface area (Å²) in [5.74, 6) is -1.47. The van der Waals surface area contributed by atoms with E-state index in [1.54, 1.807) is 0 Å². The van der Waals surface area contributed by atoms with Crippen molar-refractivity contribution in [1.82, 2.24) is 5.43 Å². The van der Waals surface area contributed by atoms with Gasteiger partial charge in [0.2, 0.25) is 0 Å². The van der Waals surface area contributed by atoms with Gasteiger partial charge in [0.05, 0.1) is 0 Å². The average molecular weight is 127 g/mol. The summed E-state index contributed by atoms with van der Waals surface area (Å²) >= 11 is 0. The lowest BCUT2D eigenvalue weighted by molar-refractivity contribution is -0.439. The molecule has 0 radical (unpaired) electrons. The lowest BCUT2D eigenvalue weighted by Crippen LogP contribution is -2.23. The number of nitrogens with one attached hydrogen (secondary N) is 1. The molecule has 1 heterocycles. The van der Waals surface area contributed by atoms with Crippen LogP contribution >= 0.6 is 0 Å². The van der Waals surface area contributed by atoms with Crippen LogP contribution in [0.2, 0.25) is 0 Å². The van der Waals surface area contributed by atoms with Crippen molar-refractivity contribution < 1.29 is 14.4 Å². The number of hydrogen-bond donors (Lipinski definition) is 1. The summed E-state index contributed by atoms with van der Waals surface area (Å²) in [6.07, 6.45) is 0. The van der Waals surface area contributed by atoms with Gasteiger partial charge >= 0.3 is 11.7 Å². The number of rotatable bonds is 0. The zero-order chi connectivity index (χ0) is 6.85. The number of carbonyl (C=O) groups is 1. The Hall–Kier alpha value is -1.75. The Morgan fingerprint density at radius 2 is 2.56 bits per heavy atom. The van der Waals surface area contributed by atoms with Crippen molar-refractivity contribution >= 4 is 11.7 Å². The predicted octanol–water partition coefficient (Wildman–Crippen LogP) is -1.38. The van der Waals surface area contributed by atoms with Gasteiger partial charge in [-0.15, -0.1) is 0 Å². The van der Waals surface area contributed by atoms with E-state index in [4.69, 9.17) is 5.53 Å². The van der Waals surface area contributed by atoms with E-state index in [2.05, 4.69) is 10.0 Å². The topological polar surface area (TPSA) is 104 Å². The Labute approximate surface area is 48.8 Å². The molecular formula is C2HN5O2. The molecule has 0 fully saturated rings. The molecule has 0 bridgehead atoms. The third-order valence-electron chi connectivity index (χ3n) is 0.723. The summed E-state index contributed by atoms with van der Waals surface area (Å²) in [4.78, 5) is 12.5. The third-order valence-corrected chi connectivity index (χ3v) is 0.723. The molecular weight excluding hydrogens is 126 g/mol. The van der Waals surface area contributed by atoms with Gasteiger partial charge in [0.15, 0.2) is 0 Å². The molecule has 1 aliphatic rings. The minimum Gasteiger partial charge on any atom is -0.688 e. The van der Waals surface area contributed by atoms with E-state index in [9.17, 15) is 10.0 Å². The second-order valence-corrected chi connectivity index (χ2v) is 1.24. The Morgan fingerprint density at radius 3 is 2.78 bits per heavy atom. The summed E-state index contributed by atoms with van der Waals surface area (Å²) in [6, 6.07) is 0. The van der Waals surface area contributed by atoms with Crippen LogP contribution in [0.3, 0.4) is 0 Å². The molecule has 7 heteroatoms. The molecule has 0 saturated heterocycles. The Bertz CT molecular complexity index is 235. The molecule has 0 aromatic heterocycles. The molecule has 0 unspecified atom stereocenters. The third kappa shape index (κ3) is 0.643. The minimum absolute atomic E-state index is 0.213. The largest absolute Gasteiger partial charge is 0.688 e. The van der Waals surface area contributed by atoms with Gasteiger partial charge in [0.25, 0.3) is 0 Å². The number of hydrogen-bond acceptors (Lipinski definition) is 3. The smallest absolute Gasteiger partial charge is 0.474 e. The van der Waals surface area contributed by atoms with E-state index in [1.807, 2.05) is 5.43 Å². The number of hydroxylamine groups is 1. The van der Waals surface area contributed by atoms with E-state index in [-0.39, 0.29) is 4.86 Å². The second kappa shape index (κ2) is 1.64. The zero-order valence-electron chi connectivity index (χ0n) is 4.11. The molecule has 0 aliphatic carbocycles. The average Bonchev–Trinajstić information content (AvgIpc) is 2.15. The molecule has 0 spiro atoms. The highest BCUT2D eigenvalue weighted by Crippen LogP contribution is 1.85. The summed E-state index contributed by atoms with van der Waals surface area (Å²) in [5.41, 5.74) is 9.83. The predicted molar refractivity (Wildman–Crippen MR) is 22.8 cm³/mol. The van der Waals surface area contributed by atoms with Gasteiger partial charge in [-0.25, -0.2) is 4.79 Å². The van der Waals surface area contributed by atoms with E-state index in [1.165, 1.54) is 0 Å². The van der Waals surface area contributed by atoms with Gasteiger partial charge < -0.3 is 15.5 Å². The van der Waals surface area contributed by atoms with Crippen molar-refractivity contribution in [2.75, 3.05) is 0 Å². The van der Waals surface area contributed by atoms with Crippen molar-refractivity contribution in [2.45, 2.75) is 0 Å². The standard InChI is InChI=1S/C2HN5O2/c3-4-1-2(8)7(9)6-5-1/h5H. The van der Waals surface area contributed by atoms with Crippen LogP contribution in [0.5, 0.6) is 0 Å². The van der Waals surface area contributed by atoms with Gasteiger partial charge in [-0.1, -0.05) is 10.3 Å². The SMILES string of the molecule is [N-]=[N+]=C1NN=[N+]([O-])C1=O. The monoisotopic (exact) mass is 127 g/mol. The molecule has 0 aromatic carbocycles. The van der Waals surface area contributed by atoms with Crippen LogP contribution in [0.15, 0.2) is 5.22 Å². The highest BCUT2D eigenvalue weighted by Gasteiger charge is 2.31. The van der Waals surface area contributed by atoms with E-state index >= 15 is 0 Å². The summed E-state index contributed by atoms with van der Waals surface area (Å²) in [6.45, 7) is 0. The fourth-order valence-corrected chi connectivity index (χ4v) is 0.342. The number of carbonyl (C=O) groups excluding carboxylic acids is 1. The summed E-state index contributed by atoms with van der Waals surface area (Å²) in [7, 11) is 0. The quantitative estimate of drug-likeness (QED) is 0.187. The van der Waals surface area contributed by atoms with Crippen LogP contribution in [-0.2, 0) is 4.79 Å².